The van der Waals surface area contributed by atoms with Crippen LogP contribution >= 0.6 is 0 Å². The van der Waals surface area contributed by atoms with Gasteiger partial charge in [-0.1, -0.05) is 0 Å². The molecular weight excluding hydrogens is 267 g/mol. The first-order valence-corrected chi connectivity index (χ1v) is 5.87. The van der Waals surface area contributed by atoms with E-state index in [2.05, 4.69) is 5.32 Å². The Morgan fingerprint density at radius 1 is 1.40 bits per heavy atom. The predicted molar refractivity (Wildman–Crippen MR) is 67.3 cm³/mol. The quantitative estimate of drug-likeness (QED) is 0.222. The molecule has 1 fully saturated rings. The highest BCUT2D eigenvalue weighted by Crippen LogP contribution is 2.18. The number of anilines is 1. The van der Waals surface area contributed by atoms with Gasteiger partial charge in [0.05, 0.1) is 5.56 Å². The highest BCUT2D eigenvalue weighted by molar-refractivity contribution is 6.05. The smallest absolute Gasteiger partial charge is 0.270 e. The van der Waals surface area contributed by atoms with Crippen LogP contribution in [0.25, 0.3) is 0 Å². The first-order chi connectivity index (χ1) is 9.40. The van der Waals surface area contributed by atoms with E-state index in [1.54, 1.807) is 0 Å². The first kappa shape index (κ1) is 13.9. The van der Waals surface area contributed by atoms with Gasteiger partial charge in [0.1, 0.15) is 11.9 Å². The van der Waals surface area contributed by atoms with Crippen molar-refractivity contribution in [3.63, 3.8) is 0 Å². The van der Waals surface area contributed by atoms with Crippen LogP contribution in [-0.2, 0) is 9.59 Å². The van der Waals surface area contributed by atoms with Gasteiger partial charge in [0.25, 0.3) is 11.8 Å². The average Bonchev–Trinajstić information content (AvgIpc) is 2.37. The highest BCUT2D eigenvalue weighted by atomic mass is 19.1. The Kier molecular flexibility index (Phi) is 3.66. The minimum absolute atomic E-state index is 0.00130. The molecule has 2 rings (SSSR count). The SMILES string of the molecule is Nc1cc(F)ccc1C(=O)N(N)C1CCC(=O)NC1=O. The van der Waals surface area contributed by atoms with E-state index >= 15 is 0 Å². The fourth-order valence-electron chi connectivity index (χ4n) is 1.96. The van der Waals surface area contributed by atoms with Gasteiger partial charge in [-0.3, -0.25) is 24.7 Å². The maximum atomic E-state index is 12.9. The molecule has 7 nitrogen and oxygen atoms in total. The fraction of sp³-hybridized carbons (Fsp3) is 0.250. The molecule has 1 aromatic carbocycles. The average molecular weight is 280 g/mol. The zero-order valence-corrected chi connectivity index (χ0v) is 10.4. The summed E-state index contributed by atoms with van der Waals surface area (Å²) < 4.78 is 12.9. The van der Waals surface area contributed by atoms with Gasteiger partial charge in [-0.05, 0) is 24.6 Å². The number of nitrogens with two attached hydrogens (primary N) is 2. The molecule has 1 aliphatic heterocycles. The van der Waals surface area contributed by atoms with E-state index in [1.807, 2.05) is 0 Å². The van der Waals surface area contributed by atoms with E-state index in [4.69, 9.17) is 11.6 Å². The molecular formula is C12H13FN4O3. The molecule has 0 radical (unpaired) electrons. The Hall–Kier alpha value is -2.48. The number of hydrogen-bond acceptors (Lipinski definition) is 5. The minimum Gasteiger partial charge on any atom is -0.398 e. The predicted octanol–water partition coefficient (Wildman–Crippen LogP) is -0.471. The van der Waals surface area contributed by atoms with Gasteiger partial charge in [-0.25, -0.2) is 10.2 Å². The van der Waals surface area contributed by atoms with Gasteiger partial charge in [0.15, 0.2) is 0 Å². The fourth-order valence-corrected chi connectivity index (χ4v) is 1.96. The zero-order valence-electron chi connectivity index (χ0n) is 10.4. The largest absolute Gasteiger partial charge is 0.398 e. The lowest BCUT2D eigenvalue weighted by Crippen LogP contribution is -2.57. The van der Waals surface area contributed by atoms with Crippen molar-refractivity contribution in [2.75, 3.05) is 5.73 Å². The van der Waals surface area contributed by atoms with Gasteiger partial charge >= 0.3 is 0 Å². The molecule has 1 heterocycles. The summed E-state index contributed by atoms with van der Waals surface area (Å²) >= 11 is 0. The lowest BCUT2D eigenvalue weighted by atomic mass is 10.0. The molecule has 3 amide bonds. The van der Waals surface area contributed by atoms with Crippen LogP contribution in [0.15, 0.2) is 18.2 Å². The summed E-state index contributed by atoms with van der Waals surface area (Å²) in [6.45, 7) is 0. The molecule has 1 aromatic rings. The topological polar surface area (TPSA) is 119 Å². The molecule has 0 aliphatic carbocycles. The lowest BCUT2D eigenvalue weighted by Gasteiger charge is -2.29. The molecule has 8 heteroatoms. The summed E-state index contributed by atoms with van der Waals surface area (Å²) in [4.78, 5) is 34.8. The van der Waals surface area contributed by atoms with Gasteiger partial charge in [0, 0.05) is 12.1 Å². The molecule has 106 valence electrons. The number of hydrazine groups is 1. The van der Waals surface area contributed by atoms with Crippen molar-refractivity contribution in [3.8, 4) is 0 Å². The Bertz CT molecular complexity index is 590. The van der Waals surface area contributed by atoms with Crippen molar-refractivity contribution in [1.29, 1.82) is 0 Å². The summed E-state index contributed by atoms with van der Waals surface area (Å²) in [5.41, 5.74) is 5.48. The molecule has 0 saturated carbocycles. The number of carbonyl (C=O) groups is 3. The number of imide groups is 1. The van der Waals surface area contributed by atoms with E-state index in [0.717, 1.165) is 12.1 Å². The van der Waals surface area contributed by atoms with E-state index in [0.29, 0.717) is 5.01 Å². The molecule has 0 bridgehead atoms. The van der Waals surface area contributed by atoms with Crippen LogP contribution in [0.2, 0.25) is 0 Å². The van der Waals surface area contributed by atoms with Crippen LogP contribution in [0.1, 0.15) is 23.2 Å². The number of benzene rings is 1. The summed E-state index contributed by atoms with van der Waals surface area (Å²) in [6.07, 6.45) is 0.226. The summed E-state index contributed by atoms with van der Waals surface area (Å²) in [7, 11) is 0. The van der Waals surface area contributed by atoms with Crippen LogP contribution in [0, 0.1) is 5.82 Å². The van der Waals surface area contributed by atoms with Crippen molar-refractivity contribution >= 4 is 23.4 Å². The molecule has 1 saturated heterocycles. The second kappa shape index (κ2) is 5.25. The van der Waals surface area contributed by atoms with Crippen molar-refractivity contribution in [2.45, 2.75) is 18.9 Å². The number of rotatable bonds is 2. The molecule has 0 aromatic heterocycles. The Morgan fingerprint density at radius 3 is 2.70 bits per heavy atom. The van der Waals surface area contributed by atoms with Crippen molar-refractivity contribution in [3.05, 3.63) is 29.6 Å². The van der Waals surface area contributed by atoms with Crippen molar-refractivity contribution in [1.82, 2.24) is 10.3 Å². The Morgan fingerprint density at radius 2 is 2.10 bits per heavy atom. The number of hydrogen-bond donors (Lipinski definition) is 3. The summed E-state index contributed by atoms with van der Waals surface area (Å²) in [6, 6.07) is 2.30. The number of amides is 3. The zero-order chi connectivity index (χ0) is 14.9. The molecule has 1 aliphatic rings. The molecule has 20 heavy (non-hydrogen) atoms. The number of piperidine rings is 1. The minimum atomic E-state index is -0.954. The monoisotopic (exact) mass is 280 g/mol. The first-order valence-electron chi connectivity index (χ1n) is 5.87. The molecule has 1 atom stereocenters. The van der Waals surface area contributed by atoms with E-state index < -0.39 is 29.6 Å². The second-order valence-corrected chi connectivity index (χ2v) is 4.41. The van der Waals surface area contributed by atoms with Gasteiger partial charge in [-0.15, -0.1) is 0 Å². The number of nitrogens with zero attached hydrogens (tertiary/aromatic N) is 1. The van der Waals surface area contributed by atoms with E-state index in [1.165, 1.54) is 6.07 Å². The molecule has 0 spiro atoms. The number of halogens is 1. The van der Waals surface area contributed by atoms with Crippen molar-refractivity contribution in [2.24, 2.45) is 5.84 Å². The number of carbonyl (C=O) groups excluding carboxylic acids is 3. The molecule has 1 unspecified atom stereocenters. The van der Waals surface area contributed by atoms with E-state index in [9.17, 15) is 18.8 Å². The van der Waals surface area contributed by atoms with Crippen LogP contribution < -0.4 is 16.9 Å². The normalized spacial score (nSPS) is 18.6. The van der Waals surface area contributed by atoms with Crippen molar-refractivity contribution < 1.29 is 18.8 Å². The third kappa shape index (κ3) is 2.59. The van der Waals surface area contributed by atoms with Gasteiger partial charge in [-0.2, -0.15) is 0 Å². The second-order valence-electron chi connectivity index (χ2n) is 4.41. The van der Waals surface area contributed by atoms with E-state index in [-0.39, 0.29) is 24.1 Å². The van der Waals surface area contributed by atoms with Crippen LogP contribution in [0.3, 0.4) is 0 Å². The van der Waals surface area contributed by atoms with Crippen LogP contribution in [0.5, 0.6) is 0 Å². The third-order valence-electron chi connectivity index (χ3n) is 3.02. The third-order valence-corrected chi connectivity index (χ3v) is 3.02. The van der Waals surface area contributed by atoms with Crippen LogP contribution in [0.4, 0.5) is 10.1 Å². The highest BCUT2D eigenvalue weighted by Gasteiger charge is 2.33. The molecule has 5 N–H and O–H groups in total. The lowest BCUT2D eigenvalue weighted by molar-refractivity contribution is -0.136. The number of nitrogen functional groups attached to an aromatic ring is 1. The van der Waals surface area contributed by atoms with Gasteiger partial charge in [0.2, 0.25) is 5.91 Å². The summed E-state index contributed by atoms with van der Waals surface area (Å²) in [5.74, 6) is 3.29. The Balaban J connectivity index is 2.20. The standard InChI is InChI=1S/C12H13FN4O3/c13-6-1-2-7(8(14)5-6)12(20)17(15)9-3-4-10(18)16-11(9)19/h1-2,5,9H,3-4,14-15H2,(H,16,18,19). The summed E-state index contributed by atoms with van der Waals surface area (Å²) in [5, 5.41) is 2.81. The number of nitrogens with one attached hydrogen (secondary N) is 1. The van der Waals surface area contributed by atoms with Gasteiger partial charge < -0.3 is 5.73 Å². The Labute approximate surface area is 113 Å². The maximum Gasteiger partial charge on any atom is 0.270 e. The van der Waals surface area contributed by atoms with Crippen LogP contribution in [-0.4, -0.2) is 28.8 Å². The maximum absolute atomic E-state index is 12.9.